The number of aliphatic imine (C=N–C) groups is 1. The second-order valence-corrected chi connectivity index (χ2v) is 43.2. The minimum atomic E-state index is -4.41. The van der Waals surface area contributed by atoms with Crippen LogP contribution in [-0.4, -0.2) is 253 Å². The van der Waals surface area contributed by atoms with E-state index in [1.807, 2.05) is 117 Å². The number of carbonyl (C=O) groups is 4. The largest absolute Gasteiger partial charge is 1.00 e. The van der Waals surface area contributed by atoms with Crippen molar-refractivity contribution >= 4 is 133 Å². The van der Waals surface area contributed by atoms with Crippen molar-refractivity contribution in [3.05, 3.63) is 238 Å². The van der Waals surface area contributed by atoms with Gasteiger partial charge in [-0.25, -0.2) is 47.5 Å². The van der Waals surface area contributed by atoms with Crippen molar-refractivity contribution in [1.82, 2.24) is 59.1 Å². The molecule has 0 unspecified atom stereocenters. The second kappa shape index (κ2) is 55.1. The summed E-state index contributed by atoms with van der Waals surface area (Å²) in [5, 5.41) is 17.6. The third-order valence-corrected chi connectivity index (χ3v) is 25.1. The molecule has 6 aromatic carbocycles. The smallest absolute Gasteiger partial charge is 1.00 e. The predicted molar refractivity (Wildman–Crippen MR) is 562 cm³/mol. The zero-order valence-electron chi connectivity index (χ0n) is 88.3. The van der Waals surface area contributed by atoms with Gasteiger partial charge in [-0.3, -0.25) is 14.9 Å². The van der Waals surface area contributed by atoms with Gasteiger partial charge in [-0.15, -0.1) is 4.40 Å². The molecule has 144 heavy (non-hydrogen) atoms. The molecule has 3 atom stereocenters. The average Bonchev–Trinajstić information content (AvgIpc) is 0.740. The maximum atomic E-state index is 15.1. The van der Waals surface area contributed by atoms with E-state index in [1.165, 1.54) is 58.7 Å². The summed E-state index contributed by atoms with van der Waals surface area (Å²) in [4.78, 5) is 87.4. The summed E-state index contributed by atoms with van der Waals surface area (Å²) in [6.45, 7) is 41.1. The van der Waals surface area contributed by atoms with Crippen LogP contribution in [0.25, 0.3) is 33.8 Å². The van der Waals surface area contributed by atoms with Crippen LogP contribution < -0.4 is 158 Å². The van der Waals surface area contributed by atoms with Crippen molar-refractivity contribution in [3.8, 4) is 33.8 Å². The zero-order valence-corrected chi connectivity index (χ0v) is 104. The maximum absolute atomic E-state index is 15.1. The van der Waals surface area contributed by atoms with E-state index in [-0.39, 0.29) is 267 Å². The molecule has 0 aliphatic carbocycles. The molecule has 4 aliphatic heterocycles. The number of ether oxygens (including phenoxy) is 3. The Morgan fingerprint density at radius 2 is 0.903 bits per heavy atom. The molecule has 9 aromatic rings. The summed E-state index contributed by atoms with van der Waals surface area (Å²) in [6.07, 6.45) is -1.16. The van der Waals surface area contributed by atoms with E-state index in [1.54, 1.807) is 95.0 Å². The number of nitrogens with two attached hydrogens (primary N) is 1. The van der Waals surface area contributed by atoms with Crippen molar-refractivity contribution in [1.29, 1.82) is 5.41 Å². The molecule has 7 heterocycles. The number of anilines is 4. The first-order valence-electron chi connectivity index (χ1n) is 46.7. The number of pyridine rings is 3. The van der Waals surface area contributed by atoms with E-state index in [2.05, 4.69) is 137 Å². The van der Waals surface area contributed by atoms with Gasteiger partial charge in [-0.1, -0.05) is 172 Å². The number of benzene rings is 6. The number of carbonyl (C=O) groups excluding carboxylic acids is 4. The molecule has 4 aliphatic rings. The number of hydrogen-bond acceptors (Lipinski definition) is 22. The maximum Gasteiger partial charge on any atom is 1.00 e. The summed E-state index contributed by atoms with van der Waals surface area (Å²) in [5.74, 6) is 0.942. The first kappa shape index (κ1) is 124. The van der Waals surface area contributed by atoms with E-state index in [4.69, 9.17) is 103 Å². The van der Waals surface area contributed by atoms with Gasteiger partial charge in [0.05, 0.1) is 54.5 Å². The van der Waals surface area contributed by atoms with Crippen molar-refractivity contribution in [3.63, 3.8) is 0 Å². The summed E-state index contributed by atoms with van der Waals surface area (Å²) in [7, 11) is 7.79. The Kier molecular flexibility index (Phi) is 47.5. The molecule has 13 rings (SSSR count). The Labute approximate surface area is 991 Å². The van der Waals surface area contributed by atoms with Crippen LogP contribution in [0.15, 0.2) is 155 Å². The normalized spacial score (nSPS) is 15.6. The number of nitrogens with zero attached hydrogens (tertiary/aromatic N) is 15. The molecule has 0 radical (unpaired) electrons. The molecule has 29 nitrogen and oxygen atoms in total. The number of amidine groups is 3. The third-order valence-electron chi connectivity index (χ3n) is 22.7. The fourth-order valence-electron chi connectivity index (χ4n) is 16.4. The van der Waals surface area contributed by atoms with Crippen LogP contribution in [0.2, 0.25) is 25.4 Å². The molecule has 0 bridgehead atoms. The van der Waals surface area contributed by atoms with Gasteiger partial charge in [0, 0.05) is 125 Å². The van der Waals surface area contributed by atoms with Crippen LogP contribution in [0.4, 0.5) is 50.4 Å². The number of hydrogen-bond donors (Lipinski definition) is 3. The molecule has 3 fully saturated rings. The van der Waals surface area contributed by atoms with Gasteiger partial charge in [0.25, 0.3) is 6.47 Å². The van der Waals surface area contributed by atoms with Crippen molar-refractivity contribution in [2.24, 2.45) is 9.39 Å². The quantitative estimate of drug-likeness (QED) is 0.00989. The summed E-state index contributed by atoms with van der Waals surface area (Å²) >= 11 is 33.0. The number of aromatic nitrogens is 3. The van der Waals surface area contributed by atoms with Gasteiger partial charge >= 0.3 is 166 Å². The monoisotopic (exact) mass is 2340 g/mol. The van der Waals surface area contributed by atoms with Gasteiger partial charge in [0.1, 0.15) is 68.7 Å². The number of piperazine rings is 3. The van der Waals surface area contributed by atoms with Gasteiger partial charge in [-0.05, 0) is 249 Å². The first-order valence-corrected chi connectivity index (χ1v) is 50.1. The van der Waals surface area contributed by atoms with E-state index in [9.17, 15) is 31.6 Å². The van der Waals surface area contributed by atoms with Gasteiger partial charge in [0.2, 0.25) is 0 Å². The Morgan fingerprint density at radius 1 is 0.528 bits per heavy atom. The van der Waals surface area contributed by atoms with Crippen molar-refractivity contribution in [2.75, 3.05) is 123 Å². The van der Waals surface area contributed by atoms with Gasteiger partial charge < -0.3 is 80.5 Å². The first-order chi connectivity index (χ1) is 66.5. The minimum Gasteiger partial charge on any atom is -1.00 e. The number of rotatable bonds is 19. The molecule has 770 valence electrons. The second-order valence-electron chi connectivity index (χ2n) is 39.9. The Bertz CT molecular complexity index is 6160. The van der Waals surface area contributed by atoms with Crippen LogP contribution in [0.1, 0.15) is 194 Å². The summed E-state index contributed by atoms with van der Waals surface area (Å²) in [5.41, 5.74) is 15.9. The molecule has 4 N–H and O–H groups in total. The van der Waals surface area contributed by atoms with Crippen LogP contribution in [0, 0.1) is 22.9 Å². The number of halogens is 8. The summed E-state index contributed by atoms with van der Waals surface area (Å²) < 4.78 is 95.2. The minimum absolute atomic E-state index is 0. The third kappa shape index (κ3) is 35.0. The Balaban J connectivity index is 0.000000307. The predicted octanol–water partition coefficient (Wildman–Crippen LogP) is 15.4. The SMILES string of the molecule is CC(C)c1cc(CN(C)C)ccc1N.CC(C)c1cc(CN(C)C)ccc1N1CN=C(N2CCN(C(=O)OC(C)(C)C)C[C@@H]2C)c2cc(Cl)c(-c3ccccc3F)nc21.CC(C)c1cc(CN(C)C)ccc1NS(=O)(=O)N=C(c1cc(Cl)c(-c2ccccc2F)nc1Cl)N1CCN(C(=O)OC(C)(C)C)C[C@@H]1C.C[C@H]1CN(C(=O)OC(C)(C)C)CCN1C(=N)c1cc(Cl)c(-c2ccccc2F)nc1Cl.O=CO[O-].[Cs+].[Cs+].[H-]. The fraction of sp³-hybridized carbons (Fsp3) is 0.442. The van der Waals surface area contributed by atoms with Crippen molar-refractivity contribution < 1.29 is 204 Å². The molecule has 0 spiro atoms. The number of nitrogen functional groups attached to an aromatic ring is 1. The van der Waals surface area contributed by atoms with Crippen LogP contribution >= 0.6 is 58.0 Å². The van der Waals surface area contributed by atoms with Crippen LogP contribution in [0.5, 0.6) is 0 Å². The molecule has 3 amide bonds. The van der Waals surface area contributed by atoms with Crippen molar-refractivity contribution in [2.45, 2.75) is 197 Å². The number of nitrogens with one attached hydrogen (secondary N) is 2. The summed E-state index contributed by atoms with van der Waals surface area (Å²) in [6, 6.07) is 41.4. The van der Waals surface area contributed by atoms with E-state index >= 15 is 4.39 Å². The molecule has 3 saturated heterocycles. The fourth-order valence-corrected chi connectivity index (χ4v) is 18.5. The molecular formula is C104H134Cl5Cs2F3N18O11S. The zero-order chi connectivity index (χ0) is 105. The molecule has 0 saturated carbocycles. The van der Waals surface area contributed by atoms with E-state index in [0.29, 0.717) is 91.7 Å². The topological polar surface area (TPSA) is 320 Å². The number of fused-ring (bicyclic) bond motifs is 1. The Hall–Kier alpha value is -7.01. The van der Waals surface area contributed by atoms with E-state index < -0.39 is 50.8 Å². The average molecular weight is 2340 g/mol. The van der Waals surface area contributed by atoms with Crippen LogP contribution in [0.3, 0.4) is 0 Å². The Morgan fingerprint density at radius 3 is 1.31 bits per heavy atom. The van der Waals surface area contributed by atoms with Gasteiger partial charge in [-0.2, -0.15) is 8.42 Å². The van der Waals surface area contributed by atoms with Gasteiger partial charge in [0.15, 0.2) is 5.84 Å². The van der Waals surface area contributed by atoms with Crippen LogP contribution in [-0.2, 0) is 53.7 Å². The van der Waals surface area contributed by atoms with E-state index in [0.717, 1.165) is 47.0 Å². The standard InChI is InChI=1S/C35H44ClFN6O2.C34H43Cl2FN6O4S.C22H25Cl2FN4O2.C12H20N2.CH2O3.2Cs.H/c1-22(2)26-17-24(20-40(7)8)13-14-30(26)43-21-38-32(42-16-15-41(19-23(42)3)34(44)45-35(4,5)6)27-18-28(36)31(39-33(27)43)25-11-9-10-12-29(25)37;1-21(2)25-17-23(20-41(7)8)13-14-29(25)39-48(45,46)40-32(43-16-15-42(19-22(43)3)33(44)47-34(4,5)6)26-18-27(35)30(38-31(26)36)24-11-9-10-12-28(24)37;1-13-12-28(21(30)31-22(2,3)4)9-10-29(13)20(26)15-11-16(23)18(27-19(15)24)14-7-5-6-8-17(14)25;1-9(2)11-7-10(8-14(3)4)5-6-12(11)13;2-1-4-3;;;/h9-14,17-18,22-23H,15-16,19-21H2,1-8H3;9-14,17-18,21-22,39H,15-16,19-20H2,1-8H3;5-8,11,13,26H,9-10,12H2,1-4H3;5-7,9H,8,13H2,1-4H3;1,3H;;;/q;;;;;2*+1;-1/p-1/t23-;22-;13-;;;;;/m000...../s1. The molecular weight excluding hydrogens is 2210 g/mol. The molecule has 3 aromatic heterocycles. The number of amides is 3. The molecule has 40 heteroatoms.